The van der Waals surface area contributed by atoms with E-state index in [1.54, 1.807) is 0 Å². The first-order chi connectivity index (χ1) is 1.00. The molecule has 0 N–H and O–H groups in total. The van der Waals surface area contributed by atoms with Gasteiger partial charge in [-0.3, -0.25) is 0 Å². The monoisotopic (exact) mass is 193 g/mol. The van der Waals surface area contributed by atoms with Gasteiger partial charge >= 0.3 is 26.6 Å². The van der Waals surface area contributed by atoms with Crippen molar-refractivity contribution < 1.29 is 0 Å². The van der Waals surface area contributed by atoms with E-state index in [-0.39, 0.29) is 26.8 Å². The Morgan fingerprint density at radius 1 is 1.20 bits per heavy atom. The molecule has 0 heterocycles. The van der Waals surface area contributed by atoms with Crippen LogP contribution in [-0.4, -0.2) is 46.0 Å². The summed E-state index contributed by atoms with van der Waals surface area (Å²) in [7, 11) is 0. The molecule has 0 unspecified atom stereocenters. The van der Waals surface area contributed by atoms with Crippen LogP contribution in [0.4, 0.5) is 0 Å². The van der Waals surface area contributed by atoms with Gasteiger partial charge in [-0.25, -0.2) is 0 Å². The molecular formula is C2H10BSiSn. The zero-order valence-corrected chi connectivity index (χ0v) is 4.64. The molecule has 5 radical (unpaired) electrons. The Labute approximate surface area is 53.5 Å². The van der Waals surface area contributed by atoms with Crippen LogP contribution in [0.5, 0.6) is 0 Å². The third-order valence-electron chi connectivity index (χ3n) is 0. The predicted octanol–water partition coefficient (Wildman–Crippen LogP) is -1.61. The quantitative estimate of drug-likeness (QED) is 0.405. The van der Waals surface area contributed by atoms with Gasteiger partial charge in [0.15, 0.2) is 0 Å². The van der Waals surface area contributed by atoms with Crippen LogP contribution >= 0.6 is 0 Å². The molecule has 0 aromatic rings. The van der Waals surface area contributed by atoms with Gasteiger partial charge in [0.05, 0.1) is 0 Å². The molecule has 0 bridgehead atoms. The molecule has 0 nitrogen and oxygen atoms in total. The van der Waals surface area contributed by atoms with E-state index in [2.05, 4.69) is 4.52 Å². The van der Waals surface area contributed by atoms with Crippen LogP contribution in [0.25, 0.3) is 0 Å². The van der Waals surface area contributed by atoms with Gasteiger partial charge in [-0.2, -0.15) is 0 Å². The van der Waals surface area contributed by atoms with Gasteiger partial charge in [0.1, 0.15) is 0 Å². The fourth-order valence-corrected chi connectivity index (χ4v) is 0. The third kappa shape index (κ3) is 47.7. The summed E-state index contributed by atoms with van der Waals surface area (Å²) in [5, 5.41) is 0. The summed E-state index contributed by atoms with van der Waals surface area (Å²) in [6.07, 6.45) is 0. The normalized spacial score (nSPS) is 0.800. The molecule has 5 heavy (non-hydrogen) atoms. The van der Waals surface area contributed by atoms with Crippen molar-refractivity contribution in [3.63, 3.8) is 0 Å². The van der Waals surface area contributed by atoms with E-state index in [0.29, 0.717) is 0 Å². The summed E-state index contributed by atoms with van der Waals surface area (Å²) >= 11 is 1.30. The predicted molar refractivity (Wildman–Crippen MR) is 36.7 cm³/mol. The van der Waals surface area contributed by atoms with Crippen molar-refractivity contribution in [3.05, 3.63) is 0 Å². The minimum absolute atomic E-state index is 0. The second-order valence-corrected chi connectivity index (χ2v) is 0. The van der Waals surface area contributed by atoms with E-state index in [9.17, 15) is 0 Å². The number of rotatable bonds is 0. The van der Waals surface area contributed by atoms with Gasteiger partial charge in [0, 0.05) is 8.41 Å². The molecule has 0 amide bonds. The minimum Gasteiger partial charge on any atom is -0.0149 e. The van der Waals surface area contributed by atoms with Crippen LogP contribution in [0.3, 0.4) is 0 Å². The van der Waals surface area contributed by atoms with E-state index >= 15 is 0 Å². The Balaban J connectivity index is -0.00000000167. The minimum atomic E-state index is 0. The Kier molecular flexibility index (Phi) is 656. The summed E-state index contributed by atoms with van der Waals surface area (Å²) in [4.78, 5) is 0. The maximum atomic E-state index is 3.34. The van der Waals surface area contributed by atoms with Crippen molar-refractivity contribution in [3.8, 4) is 0 Å². The maximum Gasteiger partial charge on any atom is -0.0149 e. The first-order valence-electron chi connectivity index (χ1n) is 0.354. The third-order valence-corrected chi connectivity index (χ3v) is 0. The average molecular weight is 192 g/mol. The van der Waals surface area contributed by atoms with E-state index in [0.717, 1.165) is 0 Å². The fourth-order valence-electron chi connectivity index (χ4n) is 0. The second-order valence-electron chi connectivity index (χ2n) is 0. The van der Waals surface area contributed by atoms with Crippen molar-refractivity contribution in [1.82, 2.24) is 0 Å². The van der Waals surface area contributed by atoms with Crippen LogP contribution in [0.2, 0.25) is 0 Å². The van der Waals surface area contributed by atoms with E-state index in [1.165, 1.54) is 22.1 Å². The van der Waals surface area contributed by atoms with Crippen LogP contribution < -0.4 is 0 Å². The van der Waals surface area contributed by atoms with Crippen molar-refractivity contribution in [1.29, 1.82) is 0 Å². The molecule has 3 heteroatoms. The fraction of sp³-hybridized carbons (Fsp3) is 0.500. The average Bonchev–Trinajstić information content (AvgIpc) is 1.00. The van der Waals surface area contributed by atoms with E-state index < -0.39 is 0 Å². The number of hydrogen-bond acceptors (Lipinski definition) is 0. The molecule has 29 valence electrons. The SMILES string of the molecule is C.[B].[CH2]=[Sn].[SiH4]. The van der Waals surface area contributed by atoms with Crippen molar-refractivity contribution in [2.45, 2.75) is 7.43 Å². The molecule has 0 atom stereocenters. The molecule has 0 saturated heterocycles. The largest absolute Gasteiger partial charge is 0.0149 e. The van der Waals surface area contributed by atoms with E-state index in [1.807, 2.05) is 0 Å². The maximum absolute atomic E-state index is 3.34. The molecule has 0 aliphatic carbocycles. The van der Waals surface area contributed by atoms with Gasteiger partial charge in [-0.15, -0.1) is 0 Å². The zero-order chi connectivity index (χ0) is 2.00. The molecule has 0 spiro atoms. The Bertz CT molecular complexity index is 9.61. The van der Waals surface area contributed by atoms with Gasteiger partial charge < -0.3 is 0 Å². The summed E-state index contributed by atoms with van der Waals surface area (Å²) in [5.74, 6) is 0. The van der Waals surface area contributed by atoms with Crippen LogP contribution in [0, 0.1) is 0 Å². The van der Waals surface area contributed by atoms with Gasteiger partial charge in [-0.05, 0) is 11.0 Å². The van der Waals surface area contributed by atoms with Gasteiger partial charge in [0.25, 0.3) is 0 Å². The molecule has 0 aliphatic heterocycles. The molecule has 0 aromatic heterocycles. The molecule has 0 aliphatic rings. The molecule has 0 saturated carbocycles. The number of hydrogen-bond donors (Lipinski definition) is 0. The zero-order valence-electron chi connectivity index (χ0n) is 1.78. The first-order valence-corrected chi connectivity index (χ1v) is 2.37. The van der Waals surface area contributed by atoms with Gasteiger partial charge in [-0.1, -0.05) is 7.43 Å². The van der Waals surface area contributed by atoms with E-state index in [4.69, 9.17) is 0 Å². The van der Waals surface area contributed by atoms with Crippen molar-refractivity contribution >= 4 is 46.0 Å². The Morgan fingerprint density at radius 2 is 1.20 bits per heavy atom. The standard InChI is InChI=1S/CH4.CH2.B.H4Si.Sn/h1H4;1H2;;1H4;. The Morgan fingerprint density at radius 3 is 1.20 bits per heavy atom. The molecule has 0 rings (SSSR count). The smallest absolute Gasteiger partial charge is 0.0149 e. The summed E-state index contributed by atoms with van der Waals surface area (Å²) in [6.45, 7) is 0. The summed E-state index contributed by atoms with van der Waals surface area (Å²) in [6, 6.07) is 0. The first kappa shape index (κ1) is 38.3. The summed E-state index contributed by atoms with van der Waals surface area (Å²) < 4.78 is 3.34. The van der Waals surface area contributed by atoms with Crippen LogP contribution in [0.15, 0.2) is 0 Å². The van der Waals surface area contributed by atoms with Gasteiger partial charge in [0.2, 0.25) is 0 Å². The molecular weight excluding hydrogens is 182 g/mol. The Hall–Kier alpha value is 0.951. The second kappa shape index (κ2) is 85.5. The molecule has 0 fully saturated rings. The molecule has 0 aromatic carbocycles. The summed E-state index contributed by atoms with van der Waals surface area (Å²) in [5.41, 5.74) is 0. The van der Waals surface area contributed by atoms with Crippen LogP contribution in [0.1, 0.15) is 7.43 Å². The topological polar surface area (TPSA) is 0 Å². The van der Waals surface area contributed by atoms with Crippen molar-refractivity contribution in [2.75, 3.05) is 0 Å². The van der Waals surface area contributed by atoms with Crippen LogP contribution in [-0.2, 0) is 0 Å². The van der Waals surface area contributed by atoms with Crippen molar-refractivity contribution in [2.24, 2.45) is 0 Å².